The number of amides is 1. The zero-order chi connectivity index (χ0) is 17.6. The Bertz CT molecular complexity index is 713. The highest BCUT2D eigenvalue weighted by molar-refractivity contribution is 7.08. The molecule has 2 N–H and O–H groups in total. The zero-order valence-corrected chi connectivity index (χ0v) is 14.6. The number of nitrogens with one attached hydrogen (secondary N) is 1. The van der Waals surface area contributed by atoms with Crippen LogP contribution in [0.15, 0.2) is 21.2 Å². The van der Waals surface area contributed by atoms with Crippen molar-refractivity contribution in [1.82, 2.24) is 15.5 Å². The van der Waals surface area contributed by atoms with E-state index in [2.05, 4.69) is 15.5 Å². The molecule has 2 aromatic rings. The average Bonchev–Trinajstić information content (AvgIpc) is 3.21. The van der Waals surface area contributed by atoms with Gasteiger partial charge in [0.15, 0.2) is 0 Å². The average molecular weight is 363 g/mol. The summed E-state index contributed by atoms with van der Waals surface area (Å²) in [5.41, 5.74) is 0.871. The lowest BCUT2D eigenvalue weighted by atomic mass is 9.94. The van der Waals surface area contributed by atoms with E-state index in [1.165, 1.54) is 0 Å². The van der Waals surface area contributed by atoms with Crippen LogP contribution in [0.1, 0.15) is 44.4 Å². The maximum atomic E-state index is 12.2. The summed E-state index contributed by atoms with van der Waals surface area (Å²) in [5, 5.41) is 24.0. The fourth-order valence-electron chi connectivity index (χ4n) is 3.13. The molecule has 0 saturated heterocycles. The van der Waals surface area contributed by atoms with Crippen molar-refractivity contribution in [3.8, 4) is 11.5 Å². The Hall–Kier alpha value is -2.22. The van der Waals surface area contributed by atoms with Crippen molar-refractivity contribution < 1.29 is 19.1 Å². The Morgan fingerprint density at radius 3 is 2.88 bits per heavy atom. The van der Waals surface area contributed by atoms with E-state index in [9.17, 15) is 14.7 Å². The molecule has 1 fully saturated rings. The highest BCUT2D eigenvalue weighted by Gasteiger charge is 2.30. The molecular formula is C17H21N3O4S. The third-order valence-electron chi connectivity index (χ3n) is 4.48. The lowest BCUT2D eigenvalue weighted by Gasteiger charge is -2.22. The molecular weight excluding hydrogens is 342 g/mol. The Morgan fingerprint density at radius 1 is 1.28 bits per heavy atom. The summed E-state index contributed by atoms with van der Waals surface area (Å²) < 4.78 is 5.56. The van der Waals surface area contributed by atoms with Gasteiger partial charge in [-0.1, -0.05) is 19.3 Å². The Kier molecular flexibility index (Phi) is 5.80. The molecule has 2 heterocycles. The molecule has 8 heteroatoms. The lowest BCUT2D eigenvalue weighted by Crippen LogP contribution is -2.42. The van der Waals surface area contributed by atoms with E-state index in [1.54, 1.807) is 11.3 Å². The van der Waals surface area contributed by atoms with E-state index >= 15 is 0 Å². The minimum Gasteiger partial charge on any atom is -0.481 e. The molecule has 0 bridgehead atoms. The molecule has 1 aliphatic rings. The zero-order valence-electron chi connectivity index (χ0n) is 13.8. The first-order chi connectivity index (χ1) is 12.1. The molecule has 0 aromatic carbocycles. The minimum atomic E-state index is -0.829. The number of carboxylic acid groups (broad SMARTS) is 1. The van der Waals surface area contributed by atoms with E-state index < -0.39 is 11.9 Å². The molecule has 0 radical (unpaired) electrons. The molecule has 3 rings (SSSR count). The van der Waals surface area contributed by atoms with Gasteiger partial charge in [-0.3, -0.25) is 9.59 Å². The number of aromatic nitrogens is 2. The molecule has 7 nitrogen and oxygen atoms in total. The predicted octanol–water partition coefficient (Wildman–Crippen LogP) is 2.88. The van der Waals surface area contributed by atoms with Crippen LogP contribution < -0.4 is 5.32 Å². The van der Waals surface area contributed by atoms with Crippen molar-refractivity contribution in [3.05, 3.63) is 22.7 Å². The summed E-state index contributed by atoms with van der Waals surface area (Å²) in [5.74, 6) is -0.642. The summed E-state index contributed by atoms with van der Waals surface area (Å²) in [6, 6.07) is 1.60. The lowest BCUT2D eigenvalue weighted by molar-refractivity contribution is -0.143. The standard InChI is InChI=1S/C17H21N3O4S/c21-14(18-13-5-3-1-2-4-12(13)17(22)23)6-7-15-19-20-16(24-15)11-8-9-25-10-11/h8-10,12-13H,1-7H2,(H,18,21)(H,22,23)/t12-,13+/m1/s1. The summed E-state index contributed by atoms with van der Waals surface area (Å²) >= 11 is 1.55. The van der Waals surface area contributed by atoms with Gasteiger partial charge in [0.2, 0.25) is 17.7 Å². The van der Waals surface area contributed by atoms with E-state index in [-0.39, 0.29) is 18.4 Å². The summed E-state index contributed by atoms with van der Waals surface area (Å²) in [6.07, 6.45) is 4.74. The second-order valence-corrected chi connectivity index (χ2v) is 7.05. The van der Waals surface area contributed by atoms with Crippen molar-refractivity contribution in [2.24, 2.45) is 5.92 Å². The molecule has 1 aliphatic carbocycles. The quantitative estimate of drug-likeness (QED) is 0.765. The van der Waals surface area contributed by atoms with Crippen molar-refractivity contribution in [3.63, 3.8) is 0 Å². The van der Waals surface area contributed by atoms with Crippen molar-refractivity contribution in [2.45, 2.75) is 51.0 Å². The van der Waals surface area contributed by atoms with Gasteiger partial charge in [0.25, 0.3) is 0 Å². The molecule has 0 spiro atoms. The number of aryl methyl sites for hydroxylation is 1. The van der Waals surface area contributed by atoms with Gasteiger partial charge >= 0.3 is 5.97 Å². The fourth-order valence-corrected chi connectivity index (χ4v) is 3.76. The molecule has 2 aromatic heterocycles. The van der Waals surface area contributed by atoms with E-state index in [0.29, 0.717) is 31.0 Å². The maximum absolute atomic E-state index is 12.2. The van der Waals surface area contributed by atoms with Gasteiger partial charge in [-0.2, -0.15) is 11.3 Å². The number of carbonyl (C=O) groups is 2. The number of rotatable bonds is 6. The third-order valence-corrected chi connectivity index (χ3v) is 5.16. The maximum Gasteiger partial charge on any atom is 0.308 e. The van der Waals surface area contributed by atoms with Crippen LogP contribution in [0, 0.1) is 5.92 Å². The van der Waals surface area contributed by atoms with Crippen LogP contribution in [-0.4, -0.2) is 33.2 Å². The van der Waals surface area contributed by atoms with Gasteiger partial charge in [0.1, 0.15) is 0 Å². The van der Waals surface area contributed by atoms with Gasteiger partial charge in [0, 0.05) is 29.8 Å². The smallest absolute Gasteiger partial charge is 0.308 e. The van der Waals surface area contributed by atoms with Crippen LogP contribution in [0.3, 0.4) is 0 Å². The Balaban J connectivity index is 1.53. The predicted molar refractivity (Wildman–Crippen MR) is 92.1 cm³/mol. The molecule has 1 saturated carbocycles. The van der Waals surface area contributed by atoms with E-state index in [4.69, 9.17) is 4.42 Å². The van der Waals surface area contributed by atoms with Crippen molar-refractivity contribution >= 4 is 23.2 Å². The first kappa shape index (κ1) is 17.6. The summed E-state index contributed by atoms with van der Waals surface area (Å²) in [7, 11) is 0. The Labute approximate surface area is 149 Å². The minimum absolute atomic E-state index is 0.173. The topological polar surface area (TPSA) is 105 Å². The fraction of sp³-hybridized carbons (Fsp3) is 0.529. The molecule has 0 aliphatic heterocycles. The van der Waals surface area contributed by atoms with E-state index in [0.717, 1.165) is 24.8 Å². The number of nitrogens with zero attached hydrogens (tertiary/aromatic N) is 2. The number of hydrogen-bond donors (Lipinski definition) is 2. The molecule has 2 atom stereocenters. The third kappa shape index (κ3) is 4.66. The number of aliphatic carboxylic acids is 1. The van der Waals surface area contributed by atoms with Crippen LogP contribution in [0.5, 0.6) is 0 Å². The number of hydrogen-bond acceptors (Lipinski definition) is 6. The second kappa shape index (κ2) is 8.24. The van der Waals surface area contributed by atoms with Gasteiger partial charge in [0.05, 0.1) is 5.92 Å². The van der Waals surface area contributed by atoms with Crippen LogP contribution >= 0.6 is 11.3 Å². The summed E-state index contributed by atoms with van der Waals surface area (Å²) in [4.78, 5) is 23.6. The molecule has 0 unspecified atom stereocenters. The Morgan fingerprint density at radius 2 is 2.12 bits per heavy atom. The normalized spacial score (nSPS) is 20.8. The van der Waals surface area contributed by atoms with Gasteiger partial charge in [-0.25, -0.2) is 0 Å². The van der Waals surface area contributed by atoms with Crippen LogP contribution in [0.2, 0.25) is 0 Å². The molecule has 134 valence electrons. The highest BCUT2D eigenvalue weighted by Crippen LogP contribution is 2.24. The van der Waals surface area contributed by atoms with E-state index in [1.807, 2.05) is 16.8 Å². The van der Waals surface area contributed by atoms with Gasteiger partial charge in [-0.15, -0.1) is 10.2 Å². The number of carbonyl (C=O) groups excluding carboxylic acids is 1. The van der Waals surface area contributed by atoms with Crippen LogP contribution in [0.4, 0.5) is 0 Å². The first-order valence-corrected chi connectivity index (χ1v) is 9.45. The highest BCUT2D eigenvalue weighted by atomic mass is 32.1. The molecule has 1 amide bonds. The monoisotopic (exact) mass is 363 g/mol. The number of carboxylic acids is 1. The molecule has 25 heavy (non-hydrogen) atoms. The van der Waals surface area contributed by atoms with Gasteiger partial charge in [-0.05, 0) is 24.3 Å². The first-order valence-electron chi connectivity index (χ1n) is 8.50. The second-order valence-electron chi connectivity index (χ2n) is 6.27. The largest absolute Gasteiger partial charge is 0.481 e. The SMILES string of the molecule is O=C(CCc1nnc(-c2ccsc2)o1)N[C@H]1CCCCC[C@H]1C(=O)O. The summed E-state index contributed by atoms with van der Waals surface area (Å²) in [6.45, 7) is 0. The van der Waals surface area contributed by atoms with Crippen LogP contribution in [-0.2, 0) is 16.0 Å². The van der Waals surface area contributed by atoms with Crippen molar-refractivity contribution in [1.29, 1.82) is 0 Å². The number of thiophene rings is 1. The van der Waals surface area contributed by atoms with Crippen molar-refractivity contribution in [2.75, 3.05) is 0 Å². The van der Waals surface area contributed by atoms with Crippen LogP contribution in [0.25, 0.3) is 11.5 Å². The van der Waals surface area contributed by atoms with Gasteiger partial charge < -0.3 is 14.8 Å².